The first-order chi connectivity index (χ1) is 11.1. The van der Waals surface area contributed by atoms with E-state index in [9.17, 15) is 9.59 Å². The molecule has 0 aromatic carbocycles. The van der Waals surface area contributed by atoms with Crippen molar-refractivity contribution in [1.29, 1.82) is 0 Å². The van der Waals surface area contributed by atoms with Gasteiger partial charge in [0.15, 0.2) is 0 Å². The van der Waals surface area contributed by atoms with Gasteiger partial charge in [0, 0.05) is 32.2 Å². The summed E-state index contributed by atoms with van der Waals surface area (Å²) in [5.41, 5.74) is -3.84. The van der Waals surface area contributed by atoms with Crippen LogP contribution in [0.15, 0.2) is 0 Å². The third kappa shape index (κ3) is 2.65. The molecule has 0 radical (unpaired) electrons. The normalized spacial score (nSPS) is 29.4. The number of alkyl halides is 1. The van der Waals surface area contributed by atoms with Crippen molar-refractivity contribution in [2.45, 2.75) is 32.0 Å². The minimum Gasteiger partial charge on any atom is -0.444 e. The number of amides is 2. The highest BCUT2D eigenvalue weighted by atomic mass is 19.1. The summed E-state index contributed by atoms with van der Waals surface area (Å²) in [5, 5.41) is 9.08. The average Bonchev–Trinajstić information content (AvgIpc) is 2.70. The van der Waals surface area contributed by atoms with Gasteiger partial charge in [-0.05, 0) is 20.8 Å². The Morgan fingerprint density at radius 2 is 1.88 bits per heavy atom. The average molecular weight is 344 g/mol. The van der Waals surface area contributed by atoms with Gasteiger partial charge >= 0.3 is 6.09 Å². The van der Waals surface area contributed by atoms with Crippen LogP contribution in [0.2, 0.25) is 0 Å². The van der Waals surface area contributed by atoms with Gasteiger partial charge in [0.25, 0.3) is 5.91 Å². The van der Waals surface area contributed by atoms with Gasteiger partial charge in [-0.25, -0.2) is 9.18 Å². The topological polar surface area (TPSA) is 79.3 Å². The van der Waals surface area contributed by atoms with E-state index in [0.717, 1.165) is 0 Å². The van der Waals surface area contributed by atoms with Gasteiger partial charge in [0.05, 0.1) is 25.2 Å². The van der Waals surface area contributed by atoms with E-state index in [1.807, 2.05) is 0 Å². The highest BCUT2D eigenvalue weighted by Gasteiger charge is 2.69. The van der Waals surface area contributed by atoms with Crippen LogP contribution in [0, 0.1) is 11.3 Å². The number of aliphatic hydroxyl groups is 1. The van der Waals surface area contributed by atoms with Gasteiger partial charge in [-0.15, -0.1) is 0 Å². The molecule has 3 aliphatic heterocycles. The molecule has 0 unspecified atom stereocenters. The number of carbonyl (C=O) groups excluding carboxylic acids is 2. The number of aliphatic hydroxyl groups excluding tert-OH is 1. The Balaban J connectivity index is 1.74. The van der Waals surface area contributed by atoms with Crippen LogP contribution in [0.3, 0.4) is 0 Å². The number of hydrogen-bond donors (Lipinski definition) is 1. The molecule has 3 rings (SSSR count). The molecule has 8 heteroatoms. The quantitative estimate of drug-likeness (QED) is 0.785. The molecular formula is C16H25FN2O5. The van der Waals surface area contributed by atoms with Crippen molar-refractivity contribution in [2.75, 3.05) is 46.0 Å². The number of rotatable bonds is 2. The van der Waals surface area contributed by atoms with Crippen LogP contribution in [0.25, 0.3) is 0 Å². The maximum absolute atomic E-state index is 15.8. The fourth-order valence-electron chi connectivity index (χ4n) is 3.50. The molecule has 7 nitrogen and oxygen atoms in total. The first kappa shape index (κ1) is 17.4. The minimum absolute atomic E-state index is 0.00880. The Kier molecular flexibility index (Phi) is 4.03. The Morgan fingerprint density at radius 1 is 1.25 bits per heavy atom. The van der Waals surface area contributed by atoms with Crippen molar-refractivity contribution in [1.82, 2.24) is 9.80 Å². The molecule has 1 N–H and O–H groups in total. The molecule has 0 saturated carbocycles. The predicted octanol–water partition coefficient (Wildman–Crippen LogP) is 0.413. The number of likely N-dealkylation sites (tertiary alicyclic amines) is 2. The Bertz CT molecular complexity index is 539. The van der Waals surface area contributed by atoms with Gasteiger partial charge in [-0.1, -0.05) is 0 Å². The first-order valence-corrected chi connectivity index (χ1v) is 8.25. The SMILES string of the molecule is CC(C)(C)OC(=O)N1CC2(COC2)[C@@](F)(C(=O)N2CC(CO)C2)C1. The zero-order chi connectivity index (χ0) is 17.8. The standard InChI is InChI=1S/C16H25FN2O5/c1-14(2,3)24-13(22)19-7-15(9-23-10-15)16(17,8-19)12(21)18-4-11(5-18)6-20/h11,20H,4-10H2,1-3H3/t16-/m0/s1. The smallest absolute Gasteiger partial charge is 0.410 e. The van der Waals surface area contributed by atoms with Crippen molar-refractivity contribution in [3.8, 4) is 0 Å². The van der Waals surface area contributed by atoms with E-state index >= 15 is 4.39 Å². The zero-order valence-electron chi connectivity index (χ0n) is 14.4. The molecule has 3 saturated heterocycles. The Labute approximate surface area is 140 Å². The lowest BCUT2D eigenvalue weighted by atomic mass is 9.72. The summed E-state index contributed by atoms with van der Waals surface area (Å²) < 4.78 is 26.3. The molecule has 0 aromatic rings. The van der Waals surface area contributed by atoms with Crippen LogP contribution in [0.4, 0.5) is 9.18 Å². The van der Waals surface area contributed by atoms with E-state index in [-0.39, 0.29) is 38.8 Å². The molecule has 1 atom stereocenters. The molecule has 136 valence electrons. The lowest BCUT2D eigenvalue weighted by molar-refractivity contribution is -0.192. The maximum atomic E-state index is 15.8. The van der Waals surface area contributed by atoms with Crippen LogP contribution in [0.1, 0.15) is 20.8 Å². The lowest BCUT2D eigenvalue weighted by Crippen LogP contribution is -2.67. The fourth-order valence-corrected chi connectivity index (χ4v) is 3.50. The summed E-state index contributed by atoms with van der Waals surface area (Å²) in [4.78, 5) is 27.7. The summed E-state index contributed by atoms with van der Waals surface area (Å²) in [6.45, 7) is 5.95. The molecule has 0 aromatic heterocycles. The summed E-state index contributed by atoms with van der Waals surface area (Å²) in [7, 11) is 0. The number of ether oxygens (including phenoxy) is 2. The molecule has 24 heavy (non-hydrogen) atoms. The monoisotopic (exact) mass is 344 g/mol. The molecule has 0 aliphatic carbocycles. The predicted molar refractivity (Wildman–Crippen MR) is 82.1 cm³/mol. The van der Waals surface area contributed by atoms with E-state index < -0.39 is 28.7 Å². The van der Waals surface area contributed by atoms with E-state index in [2.05, 4.69) is 0 Å². The Morgan fingerprint density at radius 3 is 2.33 bits per heavy atom. The number of nitrogens with zero attached hydrogens (tertiary/aromatic N) is 2. The third-order valence-corrected chi connectivity index (χ3v) is 4.99. The first-order valence-electron chi connectivity index (χ1n) is 8.25. The van der Waals surface area contributed by atoms with Crippen LogP contribution in [-0.4, -0.2) is 84.2 Å². The highest BCUT2D eigenvalue weighted by molar-refractivity contribution is 5.89. The van der Waals surface area contributed by atoms with E-state index in [0.29, 0.717) is 13.1 Å². The van der Waals surface area contributed by atoms with Gasteiger partial charge in [0.1, 0.15) is 5.60 Å². The van der Waals surface area contributed by atoms with Crippen LogP contribution < -0.4 is 0 Å². The van der Waals surface area contributed by atoms with Gasteiger partial charge < -0.3 is 24.4 Å². The Hall–Kier alpha value is -1.41. The second kappa shape index (κ2) is 5.56. The number of hydrogen-bond acceptors (Lipinski definition) is 5. The fraction of sp³-hybridized carbons (Fsp3) is 0.875. The minimum atomic E-state index is -2.16. The number of carbonyl (C=O) groups is 2. The van der Waals surface area contributed by atoms with E-state index in [1.54, 1.807) is 20.8 Å². The largest absolute Gasteiger partial charge is 0.444 e. The van der Waals surface area contributed by atoms with Crippen molar-refractivity contribution in [3.63, 3.8) is 0 Å². The van der Waals surface area contributed by atoms with Crippen molar-refractivity contribution in [3.05, 3.63) is 0 Å². The molecule has 1 spiro atoms. The van der Waals surface area contributed by atoms with Gasteiger partial charge in [-0.2, -0.15) is 0 Å². The summed E-state index contributed by atoms with van der Waals surface area (Å²) in [6.07, 6.45) is -0.613. The van der Waals surface area contributed by atoms with Crippen LogP contribution in [-0.2, 0) is 14.3 Å². The van der Waals surface area contributed by atoms with Crippen molar-refractivity contribution < 1.29 is 28.6 Å². The van der Waals surface area contributed by atoms with Gasteiger partial charge in [-0.3, -0.25) is 4.79 Å². The summed E-state index contributed by atoms with van der Waals surface area (Å²) in [6, 6.07) is 0. The van der Waals surface area contributed by atoms with Crippen molar-refractivity contribution >= 4 is 12.0 Å². The van der Waals surface area contributed by atoms with E-state index in [4.69, 9.17) is 14.6 Å². The second-order valence-corrected chi connectivity index (χ2v) is 8.17. The molecule has 3 fully saturated rings. The third-order valence-electron chi connectivity index (χ3n) is 4.99. The maximum Gasteiger partial charge on any atom is 0.410 e. The molecular weight excluding hydrogens is 319 g/mol. The van der Waals surface area contributed by atoms with E-state index in [1.165, 1.54) is 9.80 Å². The number of halogens is 1. The second-order valence-electron chi connectivity index (χ2n) is 8.17. The summed E-state index contributed by atoms with van der Waals surface area (Å²) in [5.74, 6) is -0.601. The molecule has 2 amide bonds. The highest BCUT2D eigenvalue weighted by Crippen LogP contribution is 2.49. The molecule has 0 bridgehead atoms. The van der Waals surface area contributed by atoms with Crippen LogP contribution >= 0.6 is 0 Å². The molecule has 3 heterocycles. The zero-order valence-corrected chi connectivity index (χ0v) is 14.4. The van der Waals surface area contributed by atoms with Crippen LogP contribution in [0.5, 0.6) is 0 Å². The lowest BCUT2D eigenvalue weighted by Gasteiger charge is -2.48. The van der Waals surface area contributed by atoms with Crippen molar-refractivity contribution in [2.24, 2.45) is 11.3 Å². The summed E-state index contributed by atoms with van der Waals surface area (Å²) >= 11 is 0. The van der Waals surface area contributed by atoms with Gasteiger partial charge in [0.2, 0.25) is 5.67 Å². The molecule has 3 aliphatic rings.